The van der Waals surface area contributed by atoms with Gasteiger partial charge in [-0.25, -0.2) is 4.79 Å². The zero-order valence-corrected chi connectivity index (χ0v) is 20.1. The molecule has 1 aliphatic heterocycles. The molecule has 33 heavy (non-hydrogen) atoms. The molecule has 3 rings (SSSR count). The second-order valence-corrected chi connectivity index (χ2v) is 8.73. The number of piperidine rings is 1. The number of ether oxygens (including phenoxy) is 1. The average molecular weight is 473 g/mol. The first-order valence-corrected chi connectivity index (χ1v) is 11.9. The summed E-state index contributed by atoms with van der Waals surface area (Å²) in [6.07, 6.45) is 2.94. The van der Waals surface area contributed by atoms with Crippen molar-refractivity contribution in [1.29, 1.82) is 0 Å². The van der Waals surface area contributed by atoms with E-state index in [9.17, 15) is 9.59 Å². The van der Waals surface area contributed by atoms with Gasteiger partial charge < -0.3 is 25.6 Å². The maximum Gasteiger partial charge on any atom is 0.323 e. The van der Waals surface area contributed by atoms with Crippen LogP contribution in [0.4, 0.5) is 21.9 Å². The van der Waals surface area contributed by atoms with E-state index in [1.807, 2.05) is 19.1 Å². The lowest BCUT2D eigenvalue weighted by molar-refractivity contribution is 0.0944. The Labute approximate surface area is 200 Å². The van der Waals surface area contributed by atoms with E-state index in [-0.39, 0.29) is 5.91 Å². The first-order valence-electron chi connectivity index (χ1n) is 11.5. The molecule has 2 aromatic carbocycles. The smallest absolute Gasteiger partial charge is 0.323 e. The Balaban J connectivity index is 1.72. The molecule has 8 heteroatoms. The second kappa shape index (κ2) is 12.5. The highest BCUT2D eigenvalue weighted by Gasteiger charge is 2.22. The highest BCUT2D eigenvalue weighted by Crippen LogP contribution is 2.29. The van der Waals surface area contributed by atoms with E-state index < -0.39 is 6.03 Å². The van der Waals surface area contributed by atoms with E-state index in [4.69, 9.17) is 16.3 Å². The van der Waals surface area contributed by atoms with Crippen LogP contribution in [-0.4, -0.2) is 44.8 Å². The van der Waals surface area contributed by atoms with Gasteiger partial charge in [-0.1, -0.05) is 24.6 Å². The molecule has 0 radical (unpaired) electrons. The van der Waals surface area contributed by atoms with Crippen molar-refractivity contribution in [3.05, 3.63) is 53.1 Å². The maximum atomic E-state index is 13.1. The van der Waals surface area contributed by atoms with Gasteiger partial charge in [0.15, 0.2) is 0 Å². The van der Waals surface area contributed by atoms with Gasteiger partial charge in [0.1, 0.15) is 0 Å². The number of rotatable bonds is 9. The third-order valence-electron chi connectivity index (χ3n) is 5.66. The van der Waals surface area contributed by atoms with Gasteiger partial charge in [0.05, 0.1) is 5.56 Å². The predicted octanol–water partition coefficient (Wildman–Crippen LogP) is 5.38. The molecule has 1 heterocycles. The van der Waals surface area contributed by atoms with Crippen LogP contribution < -0.4 is 20.9 Å². The summed E-state index contributed by atoms with van der Waals surface area (Å²) in [7, 11) is 0. The Morgan fingerprint density at radius 3 is 2.52 bits per heavy atom. The number of nitrogens with one attached hydrogen (secondary N) is 3. The molecule has 0 atom stereocenters. The van der Waals surface area contributed by atoms with E-state index in [0.29, 0.717) is 47.6 Å². The third-order valence-corrected chi connectivity index (χ3v) is 5.90. The number of hydrogen-bond donors (Lipinski definition) is 3. The average Bonchev–Trinajstić information content (AvgIpc) is 2.79. The Morgan fingerprint density at radius 1 is 1.09 bits per heavy atom. The van der Waals surface area contributed by atoms with Crippen LogP contribution in [0.2, 0.25) is 5.02 Å². The molecular weight excluding hydrogens is 440 g/mol. The Bertz CT molecular complexity index is 945. The normalized spacial score (nSPS) is 14.1. The maximum absolute atomic E-state index is 13.1. The van der Waals surface area contributed by atoms with Gasteiger partial charge in [-0.3, -0.25) is 4.79 Å². The Hall–Kier alpha value is -2.77. The Morgan fingerprint density at radius 2 is 1.82 bits per heavy atom. The molecule has 1 fully saturated rings. The summed E-state index contributed by atoms with van der Waals surface area (Å²) in [5.74, 6) is 0.534. The highest BCUT2D eigenvalue weighted by molar-refractivity contribution is 6.30. The van der Waals surface area contributed by atoms with Crippen molar-refractivity contribution >= 4 is 40.6 Å². The first-order chi connectivity index (χ1) is 16.0. The van der Waals surface area contributed by atoms with Gasteiger partial charge in [0.25, 0.3) is 5.91 Å². The number of urea groups is 1. The van der Waals surface area contributed by atoms with Crippen LogP contribution in [0.1, 0.15) is 43.5 Å². The quantitative estimate of drug-likeness (QED) is 0.428. The minimum atomic E-state index is -0.403. The van der Waals surface area contributed by atoms with Crippen molar-refractivity contribution in [2.75, 3.05) is 48.4 Å². The summed E-state index contributed by atoms with van der Waals surface area (Å²) < 4.78 is 5.35. The van der Waals surface area contributed by atoms with Crippen LogP contribution in [0, 0.1) is 5.92 Å². The molecule has 3 N–H and O–H groups in total. The molecule has 1 aliphatic rings. The molecule has 3 amide bonds. The fourth-order valence-electron chi connectivity index (χ4n) is 3.80. The minimum Gasteiger partial charge on any atom is -0.382 e. The van der Waals surface area contributed by atoms with Crippen molar-refractivity contribution in [1.82, 2.24) is 5.32 Å². The molecular formula is C25H33ClN4O3. The van der Waals surface area contributed by atoms with Gasteiger partial charge in [-0.15, -0.1) is 0 Å². The van der Waals surface area contributed by atoms with Crippen molar-refractivity contribution in [2.24, 2.45) is 5.92 Å². The van der Waals surface area contributed by atoms with Crippen LogP contribution in [0.3, 0.4) is 0 Å². The fourth-order valence-corrected chi connectivity index (χ4v) is 3.99. The summed E-state index contributed by atoms with van der Waals surface area (Å²) >= 11 is 5.99. The lowest BCUT2D eigenvalue weighted by atomic mass is 9.98. The van der Waals surface area contributed by atoms with Crippen LogP contribution in [0.5, 0.6) is 0 Å². The fraction of sp³-hybridized carbons (Fsp3) is 0.440. The number of carbonyl (C=O) groups excluding carboxylic acids is 2. The SMILES string of the molecule is CCOCCCNC(=O)c1cc(NC(=O)Nc2cccc(Cl)c2)ccc1N1CCC(C)CC1. The molecule has 0 bridgehead atoms. The van der Waals surface area contributed by atoms with Gasteiger partial charge in [0.2, 0.25) is 0 Å². The number of nitrogens with zero attached hydrogens (tertiary/aromatic N) is 1. The van der Waals surface area contributed by atoms with Crippen molar-refractivity contribution < 1.29 is 14.3 Å². The molecule has 7 nitrogen and oxygen atoms in total. The van der Waals surface area contributed by atoms with Gasteiger partial charge >= 0.3 is 6.03 Å². The number of benzene rings is 2. The van der Waals surface area contributed by atoms with Crippen molar-refractivity contribution in [2.45, 2.75) is 33.1 Å². The van der Waals surface area contributed by atoms with E-state index >= 15 is 0 Å². The van der Waals surface area contributed by atoms with Crippen LogP contribution in [-0.2, 0) is 4.74 Å². The number of hydrogen-bond acceptors (Lipinski definition) is 4. The topological polar surface area (TPSA) is 82.7 Å². The highest BCUT2D eigenvalue weighted by atomic mass is 35.5. The van der Waals surface area contributed by atoms with Crippen LogP contribution in [0.25, 0.3) is 0 Å². The van der Waals surface area contributed by atoms with Crippen LogP contribution in [0.15, 0.2) is 42.5 Å². The standard InChI is InChI=1S/C25H33ClN4O3/c1-3-33-15-5-12-27-24(31)22-17-21(8-9-23(22)30-13-10-18(2)11-14-30)29-25(32)28-20-7-4-6-19(26)16-20/h4,6-9,16-18H,3,5,10-15H2,1-2H3,(H,27,31)(H2,28,29,32). The summed E-state index contributed by atoms with van der Waals surface area (Å²) in [4.78, 5) is 27.8. The summed E-state index contributed by atoms with van der Waals surface area (Å²) in [6, 6.07) is 12.0. The van der Waals surface area contributed by atoms with E-state index in [1.54, 1.807) is 30.3 Å². The molecule has 0 spiro atoms. The Kier molecular flexibility index (Phi) is 9.39. The number of amides is 3. The molecule has 0 aliphatic carbocycles. The van der Waals surface area contributed by atoms with Crippen molar-refractivity contribution in [3.63, 3.8) is 0 Å². The van der Waals surface area contributed by atoms with Gasteiger partial charge in [-0.05, 0) is 68.5 Å². The predicted molar refractivity (Wildman–Crippen MR) is 135 cm³/mol. The van der Waals surface area contributed by atoms with E-state index in [2.05, 4.69) is 27.8 Å². The van der Waals surface area contributed by atoms with Gasteiger partial charge in [0, 0.05) is 54.9 Å². The van der Waals surface area contributed by atoms with Crippen molar-refractivity contribution in [3.8, 4) is 0 Å². The molecule has 0 unspecified atom stereocenters. The molecule has 178 valence electrons. The number of halogens is 1. The minimum absolute atomic E-state index is 0.154. The number of anilines is 3. The summed E-state index contributed by atoms with van der Waals surface area (Å²) in [5, 5.41) is 9.09. The number of carbonyl (C=O) groups is 2. The largest absolute Gasteiger partial charge is 0.382 e. The summed E-state index contributed by atoms with van der Waals surface area (Å²) in [6.45, 7) is 7.83. The third kappa shape index (κ3) is 7.65. The lowest BCUT2D eigenvalue weighted by Gasteiger charge is -2.33. The second-order valence-electron chi connectivity index (χ2n) is 8.30. The monoisotopic (exact) mass is 472 g/mol. The molecule has 0 aromatic heterocycles. The van der Waals surface area contributed by atoms with Gasteiger partial charge in [-0.2, -0.15) is 0 Å². The van der Waals surface area contributed by atoms with E-state index in [0.717, 1.165) is 38.0 Å². The zero-order chi connectivity index (χ0) is 23.6. The summed E-state index contributed by atoms with van der Waals surface area (Å²) in [5.41, 5.74) is 2.58. The van der Waals surface area contributed by atoms with E-state index in [1.165, 1.54) is 0 Å². The molecule has 0 saturated carbocycles. The molecule has 2 aromatic rings. The molecule has 1 saturated heterocycles. The first kappa shape index (κ1) is 24.9. The van der Waals surface area contributed by atoms with Crippen LogP contribution >= 0.6 is 11.6 Å². The zero-order valence-electron chi connectivity index (χ0n) is 19.3. The lowest BCUT2D eigenvalue weighted by Crippen LogP contribution is -2.35.